The maximum atomic E-state index is 12.3. The van der Waals surface area contributed by atoms with E-state index in [1.165, 1.54) is 0 Å². The second-order valence-corrected chi connectivity index (χ2v) is 7.21. The van der Waals surface area contributed by atoms with Gasteiger partial charge in [0.15, 0.2) is 0 Å². The number of benzene rings is 2. The lowest BCUT2D eigenvalue weighted by molar-refractivity contribution is 0.0494. The predicted molar refractivity (Wildman–Crippen MR) is 103 cm³/mol. The highest BCUT2D eigenvalue weighted by Gasteiger charge is 2.26. The summed E-state index contributed by atoms with van der Waals surface area (Å²) in [5.74, 6) is 0.0114. The quantitative estimate of drug-likeness (QED) is 0.771. The summed E-state index contributed by atoms with van der Waals surface area (Å²) in [6.45, 7) is 11.9. The zero-order chi connectivity index (χ0) is 18.4. The molecule has 2 aromatic rings. The van der Waals surface area contributed by atoms with E-state index in [-0.39, 0.29) is 12.0 Å². The molecule has 132 valence electrons. The molecule has 0 fully saturated rings. The van der Waals surface area contributed by atoms with Crippen LogP contribution in [0.1, 0.15) is 44.9 Å². The first-order valence-electron chi connectivity index (χ1n) is 8.56. The molecule has 2 rings (SSSR count). The molecule has 0 radical (unpaired) electrons. The fraction of sp³-hybridized carbons (Fsp3) is 0.318. The Kier molecular flexibility index (Phi) is 6.02. The lowest BCUT2D eigenvalue weighted by Crippen LogP contribution is -2.37. The Morgan fingerprint density at radius 3 is 2.04 bits per heavy atom. The Morgan fingerprint density at radius 2 is 1.52 bits per heavy atom. The molecular weight excluding hydrogens is 310 g/mol. The molecule has 0 unspecified atom stereocenters. The third-order valence-corrected chi connectivity index (χ3v) is 4.03. The van der Waals surface area contributed by atoms with Crippen molar-refractivity contribution in [2.24, 2.45) is 5.92 Å². The molecule has 0 spiro atoms. The van der Waals surface area contributed by atoms with Crippen LogP contribution in [0.25, 0.3) is 5.57 Å². The molecule has 0 saturated carbocycles. The lowest BCUT2D eigenvalue weighted by atomic mass is 9.85. The molecule has 0 aliphatic heterocycles. The van der Waals surface area contributed by atoms with Gasteiger partial charge in [0.25, 0.3) is 0 Å². The largest absolute Gasteiger partial charge is 0.444 e. The van der Waals surface area contributed by atoms with E-state index < -0.39 is 11.7 Å². The van der Waals surface area contributed by atoms with Gasteiger partial charge in [-0.1, -0.05) is 74.2 Å². The van der Waals surface area contributed by atoms with Crippen LogP contribution in [-0.2, 0) is 4.74 Å². The molecule has 2 aromatic carbocycles. The van der Waals surface area contributed by atoms with Crippen LogP contribution in [0.4, 0.5) is 4.79 Å². The molecule has 0 bridgehead atoms. The fourth-order valence-electron chi connectivity index (χ4n) is 2.71. The molecule has 0 heterocycles. The van der Waals surface area contributed by atoms with Gasteiger partial charge >= 0.3 is 6.09 Å². The van der Waals surface area contributed by atoms with Crippen LogP contribution in [0.15, 0.2) is 67.2 Å². The fourth-order valence-corrected chi connectivity index (χ4v) is 2.71. The molecule has 3 heteroatoms. The van der Waals surface area contributed by atoms with Crippen LogP contribution in [0.3, 0.4) is 0 Å². The molecule has 0 aliphatic rings. The summed E-state index contributed by atoms with van der Waals surface area (Å²) in [7, 11) is 0. The molecule has 1 amide bonds. The molecule has 1 N–H and O–H groups in total. The SMILES string of the molecule is C=C(c1ccccc1)[C@H](C)[C@@H](NC(=O)OC(C)(C)C)c1ccccc1. The van der Waals surface area contributed by atoms with Gasteiger partial charge in [-0.2, -0.15) is 0 Å². The van der Waals surface area contributed by atoms with Crippen molar-refractivity contribution in [2.45, 2.75) is 39.3 Å². The van der Waals surface area contributed by atoms with Crippen LogP contribution < -0.4 is 5.32 Å². The van der Waals surface area contributed by atoms with Gasteiger partial charge in [0.05, 0.1) is 6.04 Å². The highest BCUT2D eigenvalue weighted by atomic mass is 16.6. The average Bonchev–Trinajstić information content (AvgIpc) is 2.58. The van der Waals surface area contributed by atoms with E-state index in [0.717, 1.165) is 16.7 Å². The maximum Gasteiger partial charge on any atom is 0.408 e. The molecule has 2 atom stereocenters. The average molecular weight is 337 g/mol. The van der Waals surface area contributed by atoms with Crippen molar-refractivity contribution in [1.82, 2.24) is 5.32 Å². The van der Waals surface area contributed by atoms with Gasteiger partial charge in [0.1, 0.15) is 5.60 Å². The predicted octanol–water partition coefficient (Wildman–Crippen LogP) is 5.60. The summed E-state index contributed by atoms with van der Waals surface area (Å²) in [4.78, 5) is 12.3. The highest BCUT2D eigenvalue weighted by molar-refractivity contribution is 5.71. The summed E-state index contributed by atoms with van der Waals surface area (Å²) in [6.07, 6.45) is -0.422. The molecule has 3 nitrogen and oxygen atoms in total. The van der Waals surface area contributed by atoms with Gasteiger partial charge in [-0.15, -0.1) is 0 Å². The third-order valence-electron chi connectivity index (χ3n) is 4.03. The summed E-state index contributed by atoms with van der Waals surface area (Å²) in [6, 6.07) is 19.7. The Labute approximate surface area is 150 Å². The Morgan fingerprint density at radius 1 is 1.00 bits per heavy atom. The van der Waals surface area contributed by atoms with Crippen molar-refractivity contribution in [2.75, 3.05) is 0 Å². The minimum Gasteiger partial charge on any atom is -0.444 e. The third kappa shape index (κ3) is 5.49. The summed E-state index contributed by atoms with van der Waals surface area (Å²) >= 11 is 0. The zero-order valence-corrected chi connectivity index (χ0v) is 15.5. The summed E-state index contributed by atoms with van der Waals surface area (Å²) < 4.78 is 5.45. The van der Waals surface area contributed by atoms with Crippen molar-refractivity contribution < 1.29 is 9.53 Å². The first-order valence-corrected chi connectivity index (χ1v) is 8.56. The van der Waals surface area contributed by atoms with Crippen molar-refractivity contribution in [3.8, 4) is 0 Å². The van der Waals surface area contributed by atoms with Crippen molar-refractivity contribution in [3.05, 3.63) is 78.4 Å². The summed E-state index contributed by atoms with van der Waals surface area (Å²) in [5, 5.41) is 3.02. The molecular formula is C22H27NO2. The summed E-state index contributed by atoms with van der Waals surface area (Å²) in [5.41, 5.74) is 2.54. The number of rotatable bonds is 5. The van der Waals surface area contributed by atoms with Gasteiger partial charge in [-0.25, -0.2) is 4.79 Å². The van der Waals surface area contributed by atoms with Crippen LogP contribution >= 0.6 is 0 Å². The number of hydrogen-bond acceptors (Lipinski definition) is 2. The van der Waals surface area contributed by atoms with Crippen LogP contribution in [0.5, 0.6) is 0 Å². The normalized spacial score (nSPS) is 13.6. The Balaban J connectivity index is 2.25. The van der Waals surface area contributed by atoms with E-state index in [2.05, 4.69) is 18.8 Å². The lowest BCUT2D eigenvalue weighted by Gasteiger charge is -2.29. The standard InChI is InChI=1S/C22H27NO2/c1-16(18-12-8-6-9-13-18)17(2)20(19-14-10-7-11-15-19)23-21(24)25-22(3,4)5/h6-15,17,20H,1H2,2-5H3,(H,23,24)/t17-,20+/m0/s1. The zero-order valence-electron chi connectivity index (χ0n) is 15.5. The number of hydrogen-bond donors (Lipinski definition) is 1. The Hall–Kier alpha value is -2.55. The van der Waals surface area contributed by atoms with Crippen molar-refractivity contribution >= 4 is 11.7 Å². The van der Waals surface area contributed by atoms with Crippen LogP contribution in [-0.4, -0.2) is 11.7 Å². The smallest absolute Gasteiger partial charge is 0.408 e. The highest BCUT2D eigenvalue weighted by Crippen LogP contribution is 2.32. The number of carbonyl (C=O) groups is 1. The minimum absolute atomic E-state index is 0.0114. The second kappa shape index (κ2) is 8.02. The van der Waals surface area contributed by atoms with Crippen LogP contribution in [0, 0.1) is 5.92 Å². The minimum atomic E-state index is -0.537. The van der Waals surface area contributed by atoms with E-state index in [1.807, 2.05) is 81.4 Å². The van der Waals surface area contributed by atoms with Gasteiger partial charge < -0.3 is 10.1 Å². The number of carbonyl (C=O) groups excluding carboxylic acids is 1. The van der Waals surface area contributed by atoms with E-state index in [0.29, 0.717) is 0 Å². The van der Waals surface area contributed by atoms with Crippen LogP contribution in [0.2, 0.25) is 0 Å². The molecule has 0 saturated heterocycles. The monoisotopic (exact) mass is 337 g/mol. The first-order chi connectivity index (χ1) is 11.8. The second-order valence-electron chi connectivity index (χ2n) is 7.21. The van der Waals surface area contributed by atoms with Crippen molar-refractivity contribution in [3.63, 3.8) is 0 Å². The molecule has 0 aromatic heterocycles. The van der Waals surface area contributed by atoms with Crippen molar-refractivity contribution in [1.29, 1.82) is 0 Å². The van der Waals surface area contributed by atoms with Gasteiger partial charge in [0, 0.05) is 5.92 Å². The van der Waals surface area contributed by atoms with E-state index in [1.54, 1.807) is 0 Å². The number of amides is 1. The first kappa shape index (κ1) is 18.8. The van der Waals surface area contributed by atoms with E-state index in [4.69, 9.17) is 4.74 Å². The van der Waals surface area contributed by atoms with E-state index in [9.17, 15) is 4.79 Å². The molecule has 0 aliphatic carbocycles. The van der Waals surface area contributed by atoms with E-state index >= 15 is 0 Å². The number of nitrogens with one attached hydrogen (secondary N) is 1. The topological polar surface area (TPSA) is 38.3 Å². The Bertz CT molecular complexity index is 702. The van der Waals surface area contributed by atoms with Gasteiger partial charge in [-0.3, -0.25) is 0 Å². The molecule has 25 heavy (non-hydrogen) atoms. The number of ether oxygens (including phenoxy) is 1. The van der Waals surface area contributed by atoms with Gasteiger partial charge in [-0.05, 0) is 37.5 Å². The number of alkyl carbamates (subject to hydrolysis) is 1. The maximum absolute atomic E-state index is 12.3. The van der Waals surface area contributed by atoms with Gasteiger partial charge in [0.2, 0.25) is 0 Å².